The minimum atomic E-state index is -1.37. The van der Waals surface area contributed by atoms with Crippen LogP contribution in [0.2, 0.25) is 0 Å². The van der Waals surface area contributed by atoms with Crippen molar-refractivity contribution in [1.82, 2.24) is 18.7 Å². The average molecular weight is 388 g/mol. The molecule has 0 aliphatic carbocycles. The third kappa shape index (κ3) is 3.02. The SMILES string of the molecule is CC(C)Cn1c(=O)n(C)c(=O)c2ncn(C(C(=O)O)c3ccc(O)c(O)c3)c21. The van der Waals surface area contributed by atoms with Gasteiger partial charge in [-0.1, -0.05) is 19.9 Å². The van der Waals surface area contributed by atoms with E-state index in [0.717, 1.165) is 10.6 Å². The predicted octanol–water partition coefficient (Wildman–Crippen LogP) is 0.638. The highest BCUT2D eigenvalue weighted by atomic mass is 16.4. The van der Waals surface area contributed by atoms with Crippen molar-refractivity contribution in [3.8, 4) is 11.5 Å². The van der Waals surface area contributed by atoms with Gasteiger partial charge in [-0.2, -0.15) is 0 Å². The van der Waals surface area contributed by atoms with Crippen LogP contribution in [0.4, 0.5) is 0 Å². The van der Waals surface area contributed by atoms with Crippen molar-refractivity contribution in [2.75, 3.05) is 0 Å². The molecule has 3 aromatic rings. The van der Waals surface area contributed by atoms with Crippen LogP contribution in [0.5, 0.6) is 11.5 Å². The van der Waals surface area contributed by atoms with E-state index >= 15 is 0 Å². The first-order valence-corrected chi connectivity index (χ1v) is 8.54. The minimum Gasteiger partial charge on any atom is -0.504 e. The smallest absolute Gasteiger partial charge is 0.332 e. The summed E-state index contributed by atoms with van der Waals surface area (Å²) in [6.45, 7) is 4.02. The number of phenols is 2. The lowest BCUT2D eigenvalue weighted by molar-refractivity contribution is -0.139. The molecular formula is C18H20N4O6. The van der Waals surface area contributed by atoms with E-state index in [9.17, 15) is 29.7 Å². The van der Waals surface area contributed by atoms with E-state index in [1.54, 1.807) is 0 Å². The largest absolute Gasteiger partial charge is 0.504 e. The summed E-state index contributed by atoms with van der Waals surface area (Å²) in [6.07, 6.45) is 1.19. The zero-order valence-corrected chi connectivity index (χ0v) is 15.5. The second-order valence-electron chi connectivity index (χ2n) is 6.96. The molecule has 2 heterocycles. The van der Waals surface area contributed by atoms with E-state index in [-0.39, 0.29) is 29.2 Å². The topological polar surface area (TPSA) is 140 Å². The molecule has 3 rings (SSSR count). The fraction of sp³-hybridized carbons (Fsp3) is 0.333. The molecule has 0 bridgehead atoms. The van der Waals surface area contributed by atoms with Gasteiger partial charge in [0.05, 0.1) is 6.33 Å². The molecule has 1 atom stereocenters. The van der Waals surface area contributed by atoms with Crippen molar-refractivity contribution < 1.29 is 20.1 Å². The lowest BCUT2D eigenvalue weighted by Crippen LogP contribution is -2.40. The molecule has 10 heteroatoms. The molecule has 0 saturated carbocycles. The molecular weight excluding hydrogens is 368 g/mol. The first-order chi connectivity index (χ1) is 13.1. The van der Waals surface area contributed by atoms with Crippen LogP contribution in [0.1, 0.15) is 25.5 Å². The van der Waals surface area contributed by atoms with Gasteiger partial charge in [-0.05, 0) is 23.6 Å². The van der Waals surface area contributed by atoms with Gasteiger partial charge in [0, 0.05) is 13.6 Å². The summed E-state index contributed by atoms with van der Waals surface area (Å²) in [6, 6.07) is 2.25. The number of phenolic OH excluding ortho intramolecular Hbond substituents is 2. The Labute approximate surface area is 158 Å². The highest BCUT2D eigenvalue weighted by Gasteiger charge is 2.28. The Bertz CT molecular complexity index is 1190. The molecule has 0 amide bonds. The van der Waals surface area contributed by atoms with Gasteiger partial charge >= 0.3 is 11.7 Å². The third-order valence-electron chi connectivity index (χ3n) is 4.42. The Morgan fingerprint density at radius 1 is 1.18 bits per heavy atom. The number of imidazole rings is 1. The first-order valence-electron chi connectivity index (χ1n) is 8.54. The number of aromatic hydroxyl groups is 2. The second-order valence-corrected chi connectivity index (χ2v) is 6.96. The molecule has 28 heavy (non-hydrogen) atoms. The Hall–Kier alpha value is -3.56. The summed E-state index contributed by atoms with van der Waals surface area (Å²) in [7, 11) is 1.34. The maximum absolute atomic E-state index is 12.7. The van der Waals surface area contributed by atoms with Crippen molar-refractivity contribution in [3.05, 3.63) is 50.9 Å². The average Bonchev–Trinajstić information content (AvgIpc) is 3.04. The summed E-state index contributed by atoms with van der Waals surface area (Å²) in [5, 5.41) is 29.1. The number of hydrogen-bond acceptors (Lipinski definition) is 6. The maximum atomic E-state index is 12.7. The van der Waals surface area contributed by atoms with Crippen LogP contribution in [0.25, 0.3) is 11.2 Å². The number of rotatable bonds is 5. The van der Waals surface area contributed by atoms with Gasteiger partial charge in [0.25, 0.3) is 5.56 Å². The number of hydrogen-bond donors (Lipinski definition) is 3. The third-order valence-corrected chi connectivity index (χ3v) is 4.42. The van der Waals surface area contributed by atoms with Crippen LogP contribution in [0.3, 0.4) is 0 Å². The minimum absolute atomic E-state index is 0.0306. The number of fused-ring (bicyclic) bond motifs is 1. The molecule has 0 spiro atoms. The summed E-state index contributed by atoms with van der Waals surface area (Å²) < 4.78 is 3.48. The van der Waals surface area contributed by atoms with Crippen molar-refractivity contribution >= 4 is 17.1 Å². The van der Waals surface area contributed by atoms with Gasteiger partial charge < -0.3 is 15.3 Å². The first kappa shape index (κ1) is 19.2. The highest BCUT2D eigenvalue weighted by Crippen LogP contribution is 2.30. The normalized spacial score (nSPS) is 12.6. The predicted molar refractivity (Wildman–Crippen MR) is 99.6 cm³/mol. The van der Waals surface area contributed by atoms with Crippen LogP contribution in [0.15, 0.2) is 34.1 Å². The lowest BCUT2D eigenvalue weighted by atomic mass is 10.1. The van der Waals surface area contributed by atoms with Crippen LogP contribution >= 0.6 is 0 Å². The van der Waals surface area contributed by atoms with Crippen LogP contribution < -0.4 is 11.2 Å². The number of benzene rings is 1. The van der Waals surface area contributed by atoms with E-state index in [2.05, 4.69) is 4.98 Å². The number of carboxylic acid groups (broad SMARTS) is 1. The molecule has 0 fully saturated rings. The molecule has 0 radical (unpaired) electrons. The molecule has 1 unspecified atom stereocenters. The number of aromatic nitrogens is 4. The van der Waals surface area contributed by atoms with E-state index in [1.165, 1.54) is 34.6 Å². The number of aliphatic carboxylic acids is 1. The maximum Gasteiger partial charge on any atom is 0.332 e. The number of carboxylic acids is 1. The highest BCUT2D eigenvalue weighted by molar-refractivity contribution is 5.80. The summed E-state index contributed by atoms with van der Waals surface area (Å²) in [4.78, 5) is 41.3. The zero-order chi connectivity index (χ0) is 20.7. The Morgan fingerprint density at radius 3 is 2.43 bits per heavy atom. The summed E-state index contributed by atoms with van der Waals surface area (Å²) >= 11 is 0. The van der Waals surface area contributed by atoms with Crippen molar-refractivity contribution in [3.63, 3.8) is 0 Å². The summed E-state index contributed by atoms with van der Waals surface area (Å²) in [5.41, 5.74) is -1.01. The van der Waals surface area contributed by atoms with Gasteiger partial charge in [-0.15, -0.1) is 0 Å². The van der Waals surface area contributed by atoms with Gasteiger partial charge in [0.1, 0.15) is 0 Å². The second kappa shape index (κ2) is 6.87. The van der Waals surface area contributed by atoms with E-state index in [1.807, 2.05) is 13.8 Å². The van der Waals surface area contributed by atoms with Crippen molar-refractivity contribution in [1.29, 1.82) is 0 Å². The fourth-order valence-corrected chi connectivity index (χ4v) is 3.14. The molecule has 0 aliphatic rings. The molecule has 2 aromatic heterocycles. The number of nitrogens with zero attached hydrogens (tertiary/aromatic N) is 4. The molecule has 0 saturated heterocycles. The quantitative estimate of drug-likeness (QED) is 0.545. The van der Waals surface area contributed by atoms with Crippen LogP contribution in [0, 0.1) is 5.92 Å². The van der Waals surface area contributed by atoms with Gasteiger partial charge in [0.15, 0.2) is 28.7 Å². The Morgan fingerprint density at radius 2 is 1.86 bits per heavy atom. The molecule has 148 valence electrons. The zero-order valence-electron chi connectivity index (χ0n) is 15.5. The van der Waals surface area contributed by atoms with Crippen LogP contribution in [-0.2, 0) is 18.4 Å². The van der Waals surface area contributed by atoms with E-state index in [0.29, 0.717) is 0 Å². The number of carbonyl (C=O) groups is 1. The standard InChI is InChI=1S/C18H20N4O6/c1-9(2)7-21-15-13(16(25)20(3)18(21)28)19-8-22(15)14(17(26)27)10-4-5-11(23)12(24)6-10/h4-6,8-9,14,23-24H,7H2,1-3H3,(H,26,27). The fourth-order valence-electron chi connectivity index (χ4n) is 3.14. The van der Waals surface area contributed by atoms with Gasteiger partial charge in [0.2, 0.25) is 0 Å². The monoisotopic (exact) mass is 388 g/mol. The van der Waals surface area contributed by atoms with Crippen LogP contribution in [-0.4, -0.2) is 40.0 Å². The molecule has 10 nitrogen and oxygen atoms in total. The molecule has 3 N–H and O–H groups in total. The Balaban J connectivity index is 2.38. The van der Waals surface area contributed by atoms with Gasteiger partial charge in [-0.3, -0.25) is 18.5 Å². The van der Waals surface area contributed by atoms with Crippen molar-refractivity contribution in [2.24, 2.45) is 13.0 Å². The summed E-state index contributed by atoms with van der Waals surface area (Å²) in [5.74, 6) is -2.12. The molecule has 1 aromatic carbocycles. The van der Waals surface area contributed by atoms with E-state index in [4.69, 9.17) is 0 Å². The van der Waals surface area contributed by atoms with Crippen molar-refractivity contribution in [2.45, 2.75) is 26.4 Å². The molecule has 0 aliphatic heterocycles. The van der Waals surface area contributed by atoms with E-state index < -0.39 is 34.8 Å². The Kier molecular flexibility index (Phi) is 4.72. The lowest BCUT2D eigenvalue weighted by Gasteiger charge is -2.19. The van der Waals surface area contributed by atoms with Gasteiger partial charge in [-0.25, -0.2) is 14.6 Å².